The van der Waals surface area contributed by atoms with Crippen LogP contribution in [0, 0.1) is 5.92 Å². The monoisotopic (exact) mass is 340 g/mol. The van der Waals surface area contributed by atoms with Crippen LogP contribution in [0.2, 0.25) is 0 Å². The number of carbonyl (C=O) groups is 2. The fourth-order valence-electron chi connectivity index (χ4n) is 3.28. The van der Waals surface area contributed by atoms with Gasteiger partial charge in [0.1, 0.15) is 5.78 Å². The summed E-state index contributed by atoms with van der Waals surface area (Å²) in [6, 6.07) is 0. The number of Topliss-reactive ketones (excluding diaryl/α,β-unsaturated/α-hetero) is 1. The molecule has 1 N–H and O–H groups in total. The molecule has 3 nitrogen and oxygen atoms in total. The number of carboxylic acid groups (broad SMARTS) is 1. The van der Waals surface area contributed by atoms with Crippen molar-refractivity contribution >= 4 is 11.8 Å². The van der Waals surface area contributed by atoms with Crippen LogP contribution in [-0.2, 0) is 9.59 Å². The molecule has 0 aromatic heterocycles. The van der Waals surface area contributed by atoms with Crippen LogP contribution in [0.25, 0.3) is 0 Å². The molecule has 0 aromatic rings. The fourth-order valence-corrected chi connectivity index (χ4v) is 3.28. The molecule has 142 valence electrons. The van der Waals surface area contributed by atoms with Gasteiger partial charge in [-0.1, -0.05) is 78.1 Å². The molecule has 1 rings (SSSR count). The van der Waals surface area contributed by atoms with Gasteiger partial charge in [0.15, 0.2) is 0 Å². The van der Waals surface area contributed by atoms with Gasteiger partial charge in [-0.05, 0) is 25.2 Å². The second kappa shape index (κ2) is 17.0. The number of unbranched alkanes of at least 4 members (excludes halogenated alkanes) is 8. The smallest absolute Gasteiger partial charge is 0.303 e. The summed E-state index contributed by atoms with van der Waals surface area (Å²) >= 11 is 0. The lowest BCUT2D eigenvalue weighted by molar-refractivity contribution is -0.137. The van der Waals surface area contributed by atoms with Gasteiger partial charge in [0.25, 0.3) is 0 Å². The van der Waals surface area contributed by atoms with E-state index in [1.165, 1.54) is 57.8 Å². The highest BCUT2D eigenvalue weighted by Crippen LogP contribution is 2.26. The molecule has 0 radical (unpaired) electrons. The SMILES string of the molecule is CCCCCCC(=O)O.CCCCCCCCC1CCCC(=O)C1. The van der Waals surface area contributed by atoms with Crippen LogP contribution >= 0.6 is 0 Å². The summed E-state index contributed by atoms with van der Waals surface area (Å²) in [7, 11) is 0. The molecule has 0 amide bonds. The van der Waals surface area contributed by atoms with Gasteiger partial charge in [0.05, 0.1) is 0 Å². The van der Waals surface area contributed by atoms with Crippen molar-refractivity contribution in [2.75, 3.05) is 0 Å². The van der Waals surface area contributed by atoms with Crippen LogP contribution in [0.1, 0.15) is 117 Å². The summed E-state index contributed by atoms with van der Waals surface area (Å²) in [5, 5.41) is 8.21. The van der Waals surface area contributed by atoms with Crippen molar-refractivity contribution in [2.24, 2.45) is 5.92 Å². The molecule has 24 heavy (non-hydrogen) atoms. The highest BCUT2D eigenvalue weighted by molar-refractivity contribution is 5.79. The average Bonchev–Trinajstić information content (AvgIpc) is 2.55. The van der Waals surface area contributed by atoms with E-state index in [4.69, 9.17) is 5.11 Å². The van der Waals surface area contributed by atoms with E-state index in [1.54, 1.807) is 0 Å². The van der Waals surface area contributed by atoms with Crippen LogP contribution in [0.5, 0.6) is 0 Å². The van der Waals surface area contributed by atoms with Crippen molar-refractivity contribution in [3.63, 3.8) is 0 Å². The summed E-state index contributed by atoms with van der Waals surface area (Å²) in [4.78, 5) is 21.2. The van der Waals surface area contributed by atoms with E-state index in [1.807, 2.05) is 0 Å². The Bertz CT molecular complexity index is 312. The summed E-state index contributed by atoms with van der Waals surface area (Å²) in [5.41, 5.74) is 0. The Morgan fingerprint density at radius 3 is 2.12 bits per heavy atom. The minimum Gasteiger partial charge on any atom is -0.481 e. The van der Waals surface area contributed by atoms with Crippen molar-refractivity contribution in [1.29, 1.82) is 0 Å². The Hall–Kier alpha value is -0.860. The number of carboxylic acids is 1. The number of rotatable bonds is 12. The molecule has 1 aliphatic carbocycles. The van der Waals surface area contributed by atoms with Crippen molar-refractivity contribution < 1.29 is 14.7 Å². The molecule has 0 heterocycles. The number of carbonyl (C=O) groups excluding carboxylic acids is 1. The maximum Gasteiger partial charge on any atom is 0.303 e. The average molecular weight is 341 g/mol. The van der Waals surface area contributed by atoms with Crippen molar-refractivity contribution in [1.82, 2.24) is 0 Å². The molecule has 1 fully saturated rings. The van der Waals surface area contributed by atoms with Crippen LogP contribution in [0.15, 0.2) is 0 Å². The summed E-state index contributed by atoms with van der Waals surface area (Å²) in [5.74, 6) is 0.570. The molecule has 0 aromatic carbocycles. The quantitative estimate of drug-likeness (QED) is 0.410. The van der Waals surface area contributed by atoms with E-state index in [9.17, 15) is 9.59 Å². The van der Waals surface area contributed by atoms with Crippen molar-refractivity contribution in [3.8, 4) is 0 Å². The second-order valence-corrected chi connectivity index (χ2v) is 7.26. The molecular weight excluding hydrogens is 300 g/mol. The first-order valence-corrected chi connectivity index (χ1v) is 10.3. The number of hydrogen-bond acceptors (Lipinski definition) is 2. The summed E-state index contributed by atoms with van der Waals surface area (Å²) in [6.07, 6.45) is 18.3. The van der Waals surface area contributed by atoms with E-state index in [0.29, 0.717) is 12.2 Å². The Labute approximate surface area is 149 Å². The van der Waals surface area contributed by atoms with E-state index in [-0.39, 0.29) is 0 Å². The van der Waals surface area contributed by atoms with E-state index in [0.717, 1.165) is 44.4 Å². The Morgan fingerprint density at radius 1 is 0.958 bits per heavy atom. The van der Waals surface area contributed by atoms with Crippen LogP contribution < -0.4 is 0 Å². The first kappa shape index (κ1) is 23.1. The molecule has 1 saturated carbocycles. The first-order chi connectivity index (χ1) is 11.6. The predicted molar refractivity (Wildman–Crippen MR) is 101 cm³/mol. The van der Waals surface area contributed by atoms with E-state index < -0.39 is 5.97 Å². The lowest BCUT2D eigenvalue weighted by Gasteiger charge is -2.20. The molecule has 0 bridgehead atoms. The van der Waals surface area contributed by atoms with Gasteiger partial charge in [0, 0.05) is 19.3 Å². The Balaban J connectivity index is 0.000000506. The largest absolute Gasteiger partial charge is 0.481 e. The molecule has 1 atom stereocenters. The summed E-state index contributed by atoms with van der Waals surface area (Å²) < 4.78 is 0. The van der Waals surface area contributed by atoms with Gasteiger partial charge in [0.2, 0.25) is 0 Å². The number of ketones is 1. The molecular formula is C21H40O3. The van der Waals surface area contributed by atoms with Crippen molar-refractivity contribution in [3.05, 3.63) is 0 Å². The van der Waals surface area contributed by atoms with Crippen LogP contribution in [-0.4, -0.2) is 16.9 Å². The van der Waals surface area contributed by atoms with Gasteiger partial charge in [-0.25, -0.2) is 0 Å². The zero-order chi connectivity index (χ0) is 18.0. The third kappa shape index (κ3) is 16.0. The van der Waals surface area contributed by atoms with Gasteiger partial charge >= 0.3 is 5.97 Å². The molecule has 0 spiro atoms. The third-order valence-electron chi connectivity index (χ3n) is 4.79. The minimum atomic E-state index is -0.675. The Morgan fingerprint density at radius 2 is 1.54 bits per heavy atom. The number of aliphatic carboxylic acids is 1. The van der Waals surface area contributed by atoms with E-state index >= 15 is 0 Å². The second-order valence-electron chi connectivity index (χ2n) is 7.26. The van der Waals surface area contributed by atoms with Crippen LogP contribution in [0.3, 0.4) is 0 Å². The van der Waals surface area contributed by atoms with Gasteiger partial charge in [-0.3, -0.25) is 9.59 Å². The van der Waals surface area contributed by atoms with Gasteiger partial charge < -0.3 is 5.11 Å². The lowest BCUT2D eigenvalue weighted by Crippen LogP contribution is -2.14. The summed E-state index contributed by atoms with van der Waals surface area (Å²) in [6.45, 7) is 4.37. The minimum absolute atomic E-state index is 0.333. The van der Waals surface area contributed by atoms with Gasteiger partial charge in [-0.2, -0.15) is 0 Å². The number of hydrogen-bond donors (Lipinski definition) is 1. The fraction of sp³-hybridized carbons (Fsp3) is 0.905. The van der Waals surface area contributed by atoms with Crippen molar-refractivity contribution in [2.45, 2.75) is 117 Å². The zero-order valence-corrected chi connectivity index (χ0v) is 16.2. The molecule has 3 heteroatoms. The topological polar surface area (TPSA) is 54.4 Å². The third-order valence-corrected chi connectivity index (χ3v) is 4.79. The maximum absolute atomic E-state index is 11.2. The lowest BCUT2D eigenvalue weighted by atomic mass is 9.85. The van der Waals surface area contributed by atoms with E-state index in [2.05, 4.69) is 13.8 Å². The zero-order valence-electron chi connectivity index (χ0n) is 16.2. The van der Waals surface area contributed by atoms with Gasteiger partial charge in [-0.15, -0.1) is 0 Å². The molecule has 0 saturated heterocycles. The van der Waals surface area contributed by atoms with Crippen LogP contribution in [0.4, 0.5) is 0 Å². The predicted octanol–water partition coefficient (Wildman–Crippen LogP) is 6.54. The molecule has 1 aliphatic rings. The highest BCUT2D eigenvalue weighted by atomic mass is 16.4. The molecule has 1 unspecified atom stereocenters. The standard InChI is InChI=1S/C14H26O.C7H14O2/c1-2-3-4-5-6-7-9-13-10-8-11-14(15)12-13;1-2-3-4-5-6-7(8)9/h13H,2-12H2,1H3;2-6H2,1H3,(H,8,9). The highest BCUT2D eigenvalue weighted by Gasteiger charge is 2.18. The normalized spacial score (nSPS) is 17.2. The first-order valence-electron chi connectivity index (χ1n) is 10.3. The Kier molecular flexibility index (Phi) is 16.4. The maximum atomic E-state index is 11.2. The molecule has 0 aliphatic heterocycles.